The Balaban J connectivity index is 1.76. The van der Waals surface area contributed by atoms with Gasteiger partial charge in [0.1, 0.15) is 5.75 Å². The third-order valence-corrected chi connectivity index (χ3v) is 5.61. The van der Waals surface area contributed by atoms with Crippen molar-refractivity contribution < 1.29 is 19.1 Å². The molecule has 0 saturated carbocycles. The number of halogens is 1. The van der Waals surface area contributed by atoms with Crippen molar-refractivity contribution in [2.75, 3.05) is 24.4 Å². The Morgan fingerprint density at radius 3 is 2.68 bits per heavy atom. The number of para-hydroxylation sites is 1. The number of benzene rings is 2. The second-order valence-electron chi connectivity index (χ2n) is 6.73. The van der Waals surface area contributed by atoms with E-state index in [1.807, 2.05) is 0 Å². The number of ether oxygens (including phenoxy) is 1. The average Bonchev–Trinajstić information content (AvgIpc) is 3.05. The number of methoxy groups -OCH3 is 1. The van der Waals surface area contributed by atoms with Crippen LogP contribution in [0.4, 0.5) is 11.4 Å². The van der Waals surface area contributed by atoms with Crippen LogP contribution in [-0.2, 0) is 9.59 Å². The van der Waals surface area contributed by atoms with Gasteiger partial charge < -0.3 is 15.0 Å². The molecule has 1 N–H and O–H groups in total. The number of nitrogens with one attached hydrogen (secondary N) is 1. The number of rotatable bonds is 3. The molecule has 1 atom stereocenters. The van der Waals surface area contributed by atoms with E-state index in [1.54, 1.807) is 49.5 Å². The molecule has 144 valence electrons. The highest BCUT2D eigenvalue weighted by atomic mass is 35.5. The lowest BCUT2D eigenvalue weighted by atomic mass is 9.96. The predicted octanol–water partition coefficient (Wildman–Crippen LogP) is 2.90. The van der Waals surface area contributed by atoms with E-state index in [0.29, 0.717) is 27.7 Å². The van der Waals surface area contributed by atoms with Crippen LogP contribution in [0, 0.1) is 0 Å². The second kappa shape index (κ2) is 6.53. The molecule has 0 radical (unpaired) electrons. The first-order valence-corrected chi connectivity index (χ1v) is 9.13. The van der Waals surface area contributed by atoms with Crippen LogP contribution >= 0.6 is 11.6 Å². The van der Waals surface area contributed by atoms with Gasteiger partial charge in [-0.25, -0.2) is 0 Å². The van der Waals surface area contributed by atoms with Gasteiger partial charge in [-0.2, -0.15) is 0 Å². The van der Waals surface area contributed by atoms with E-state index in [2.05, 4.69) is 5.32 Å². The van der Waals surface area contributed by atoms with Crippen LogP contribution in [-0.4, -0.2) is 42.4 Å². The van der Waals surface area contributed by atoms with Crippen LogP contribution in [0.15, 0.2) is 42.5 Å². The summed E-state index contributed by atoms with van der Waals surface area (Å²) in [4.78, 5) is 41.8. The van der Waals surface area contributed by atoms with Crippen molar-refractivity contribution >= 4 is 40.7 Å². The van der Waals surface area contributed by atoms with Gasteiger partial charge >= 0.3 is 0 Å². The fourth-order valence-corrected chi connectivity index (χ4v) is 4.16. The SMILES string of the molecule is COc1ccc(NC(=O)C23CCC(=O)N2c2ccccc2C(=O)N3C)cc1Cl. The average molecular weight is 400 g/mol. The normalized spacial score (nSPS) is 20.7. The number of likely N-dealkylation sites (N-methyl/N-ethyl adjacent to an activating group) is 1. The Labute approximate surface area is 166 Å². The molecule has 0 aliphatic carbocycles. The highest BCUT2D eigenvalue weighted by molar-refractivity contribution is 6.32. The molecule has 2 heterocycles. The largest absolute Gasteiger partial charge is 0.495 e. The summed E-state index contributed by atoms with van der Waals surface area (Å²) in [7, 11) is 3.05. The fraction of sp³-hybridized carbons (Fsp3) is 0.250. The quantitative estimate of drug-likeness (QED) is 0.860. The lowest BCUT2D eigenvalue weighted by molar-refractivity contribution is -0.128. The number of hydrogen-bond donors (Lipinski definition) is 1. The van der Waals surface area contributed by atoms with E-state index in [0.717, 1.165) is 0 Å². The van der Waals surface area contributed by atoms with Crippen LogP contribution in [0.1, 0.15) is 23.2 Å². The third kappa shape index (κ3) is 2.46. The van der Waals surface area contributed by atoms with Crippen molar-refractivity contribution in [1.82, 2.24) is 4.90 Å². The summed E-state index contributed by atoms with van der Waals surface area (Å²) < 4.78 is 5.12. The van der Waals surface area contributed by atoms with Gasteiger partial charge in [0.15, 0.2) is 0 Å². The maximum atomic E-state index is 13.4. The summed E-state index contributed by atoms with van der Waals surface area (Å²) in [6.45, 7) is 0. The van der Waals surface area contributed by atoms with Gasteiger partial charge in [0.05, 0.1) is 23.4 Å². The van der Waals surface area contributed by atoms with E-state index < -0.39 is 11.6 Å². The van der Waals surface area contributed by atoms with E-state index >= 15 is 0 Å². The number of anilines is 2. The lowest BCUT2D eigenvalue weighted by Crippen LogP contribution is -2.68. The Bertz CT molecular complexity index is 1010. The van der Waals surface area contributed by atoms with Gasteiger partial charge in [0.25, 0.3) is 11.8 Å². The van der Waals surface area contributed by atoms with Gasteiger partial charge in [0, 0.05) is 25.6 Å². The smallest absolute Gasteiger partial charge is 0.271 e. The molecule has 7 nitrogen and oxygen atoms in total. The van der Waals surface area contributed by atoms with Gasteiger partial charge in [-0.1, -0.05) is 23.7 Å². The van der Waals surface area contributed by atoms with Crippen LogP contribution in [0.5, 0.6) is 5.75 Å². The zero-order valence-corrected chi connectivity index (χ0v) is 16.1. The molecule has 0 spiro atoms. The van der Waals surface area contributed by atoms with E-state index in [9.17, 15) is 14.4 Å². The maximum Gasteiger partial charge on any atom is 0.271 e. The zero-order chi connectivity index (χ0) is 20.1. The van der Waals surface area contributed by atoms with Crippen molar-refractivity contribution in [2.24, 2.45) is 0 Å². The van der Waals surface area contributed by atoms with Crippen LogP contribution < -0.4 is 15.0 Å². The van der Waals surface area contributed by atoms with Gasteiger partial charge in [-0.15, -0.1) is 0 Å². The number of amides is 3. The van der Waals surface area contributed by atoms with Gasteiger partial charge in [0.2, 0.25) is 11.6 Å². The Morgan fingerprint density at radius 2 is 1.96 bits per heavy atom. The summed E-state index contributed by atoms with van der Waals surface area (Å²) in [5.74, 6) is -0.487. The van der Waals surface area contributed by atoms with Crippen molar-refractivity contribution in [2.45, 2.75) is 18.5 Å². The number of carbonyl (C=O) groups excluding carboxylic acids is 3. The first-order chi connectivity index (χ1) is 13.4. The van der Waals surface area contributed by atoms with Gasteiger partial charge in [-0.05, 0) is 30.3 Å². The van der Waals surface area contributed by atoms with Crippen molar-refractivity contribution in [3.05, 3.63) is 53.1 Å². The fourth-order valence-electron chi connectivity index (χ4n) is 3.90. The minimum atomic E-state index is -1.42. The molecule has 3 amide bonds. The van der Waals surface area contributed by atoms with Gasteiger partial charge in [-0.3, -0.25) is 19.3 Å². The monoisotopic (exact) mass is 399 g/mol. The molecular formula is C20H18ClN3O4. The third-order valence-electron chi connectivity index (χ3n) is 5.31. The molecule has 1 saturated heterocycles. The molecule has 1 unspecified atom stereocenters. The zero-order valence-electron chi connectivity index (χ0n) is 15.4. The number of carbonyl (C=O) groups is 3. The summed E-state index contributed by atoms with van der Waals surface area (Å²) >= 11 is 6.14. The second-order valence-corrected chi connectivity index (χ2v) is 7.14. The minimum absolute atomic E-state index is 0.169. The van der Waals surface area contributed by atoms with E-state index in [-0.39, 0.29) is 24.7 Å². The number of fused-ring (bicyclic) bond motifs is 3. The lowest BCUT2D eigenvalue weighted by Gasteiger charge is -2.47. The van der Waals surface area contributed by atoms with Crippen LogP contribution in [0.25, 0.3) is 0 Å². The van der Waals surface area contributed by atoms with Crippen molar-refractivity contribution in [1.29, 1.82) is 0 Å². The predicted molar refractivity (Wildman–Crippen MR) is 105 cm³/mol. The molecule has 2 aromatic carbocycles. The Hall–Kier alpha value is -3.06. The first-order valence-electron chi connectivity index (χ1n) is 8.75. The summed E-state index contributed by atoms with van der Waals surface area (Å²) in [5, 5.41) is 3.14. The van der Waals surface area contributed by atoms with Crippen molar-refractivity contribution in [3.63, 3.8) is 0 Å². The molecular weight excluding hydrogens is 382 g/mol. The molecule has 1 fully saturated rings. The summed E-state index contributed by atoms with van der Waals surface area (Å²) in [5.41, 5.74) is -0.120. The van der Waals surface area contributed by atoms with Crippen molar-refractivity contribution in [3.8, 4) is 5.75 Å². The molecule has 2 aliphatic heterocycles. The highest BCUT2D eigenvalue weighted by Crippen LogP contribution is 2.44. The molecule has 8 heteroatoms. The molecule has 0 aromatic heterocycles. The van der Waals surface area contributed by atoms with E-state index in [4.69, 9.17) is 16.3 Å². The standard InChI is InChI=1S/C20H18ClN3O4/c1-23-18(26)13-5-3-4-6-15(13)24-17(25)9-10-20(23,24)19(27)22-12-7-8-16(28-2)14(21)11-12/h3-8,11H,9-10H2,1-2H3,(H,22,27). The summed E-state index contributed by atoms with van der Waals surface area (Å²) in [6, 6.07) is 11.7. The Morgan fingerprint density at radius 1 is 1.21 bits per heavy atom. The minimum Gasteiger partial charge on any atom is -0.495 e. The number of nitrogens with zero attached hydrogens (tertiary/aromatic N) is 2. The molecule has 0 bridgehead atoms. The van der Waals surface area contributed by atoms with E-state index in [1.165, 1.54) is 16.9 Å². The number of hydrogen-bond acceptors (Lipinski definition) is 4. The summed E-state index contributed by atoms with van der Waals surface area (Å²) in [6.07, 6.45) is 0.376. The molecule has 28 heavy (non-hydrogen) atoms. The Kier molecular flexibility index (Phi) is 4.27. The highest BCUT2D eigenvalue weighted by Gasteiger charge is 2.59. The molecule has 2 aliphatic rings. The first kappa shape index (κ1) is 18.3. The maximum absolute atomic E-state index is 13.4. The molecule has 4 rings (SSSR count). The molecule has 2 aromatic rings. The van der Waals surface area contributed by atoms with Crippen LogP contribution in [0.2, 0.25) is 5.02 Å². The topological polar surface area (TPSA) is 79.0 Å². The van der Waals surface area contributed by atoms with Crippen LogP contribution in [0.3, 0.4) is 0 Å².